The molecule has 0 N–H and O–H groups in total. The van der Waals surface area contributed by atoms with E-state index in [9.17, 15) is 0 Å². The van der Waals surface area contributed by atoms with Crippen LogP contribution in [0.15, 0.2) is 42.6 Å². The molecule has 1 fully saturated rings. The van der Waals surface area contributed by atoms with E-state index in [0.29, 0.717) is 5.92 Å². The summed E-state index contributed by atoms with van der Waals surface area (Å²) in [6.45, 7) is 1.57. The number of ether oxygens (including phenoxy) is 2. The summed E-state index contributed by atoms with van der Waals surface area (Å²) in [7, 11) is 1.67. The number of rotatable bonds is 3. The lowest BCUT2D eigenvalue weighted by Gasteiger charge is -2.22. The number of hydrogen-bond donors (Lipinski definition) is 0. The molecule has 1 saturated heterocycles. The number of methoxy groups -OCH3 is 1. The fourth-order valence-electron chi connectivity index (χ4n) is 3.13. The van der Waals surface area contributed by atoms with Crippen LogP contribution in [0.25, 0.3) is 16.9 Å². The molecular formula is C18H19N3O2. The van der Waals surface area contributed by atoms with E-state index in [2.05, 4.69) is 9.55 Å². The molecule has 0 aliphatic carbocycles. The van der Waals surface area contributed by atoms with E-state index in [4.69, 9.17) is 14.5 Å². The van der Waals surface area contributed by atoms with Gasteiger partial charge in [-0.15, -0.1) is 0 Å². The summed E-state index contributed by atoms with van der Waals surface area (Å²) >= 11 is 0. The molecule has 0 amide bonds. The molecule has 1 aliphatic rings. The number of aromatic nitrogens is 3. The van der Waals surface area contributed by atoms with Crippen molar-refractivity contribution in [1.29, 1.82) is 0 Å². The zero-order chi connectivity index (χ0) is 15.6. The van der Waals surface area contributed by atoms with Crippen molar-refractivity contribution >= 4 is 11.2 Å². The van der Waals surface area contributed by atoms with Crippen molar-refractivity contribution in [3.8, 4) is 11.4 Å². The minimum atomic E-state index is 0.306. The van der Waals surface area contributed by atoms with Gasteiger partial charge in [0.25, 0.3) is 0 Å². The lowest BCUT2D eigenvalue weighted by atomic mass is 10.0. The molecule has 3 heterocycles. The van der Waals surface area contributed by atoms with Gasteiger partial charge in [0.15, 0.2) is 5.65 Å². The van der Waals surface area contributed by atoms with E-state index >= 15 is 0 Å². The van der Waals surface area contributed by atoms with Crippen LogP contribution >= 0.6 is 0 Å². The zero-order valence-corrected chi connectivity index (χ0v) is 13.1. The third kappa shape index (κ3) is 2.57. The Hall–Kier alpha value is -2.40. The molecule has 0 saturated carbocycles. The summed E-state index contributed by atoms with van der Waals surface area (Å²) in [5.74, 6) is 2.18. The van der Waals surface area contributed by atoms with Crippen molar-refractivity contribution < 1.29 is 9.47 Å². The number of fused-ring (bicyclic) bond motifs is 1. The lowest BCUT2D eigenvalue weighted by molar-refractivity contribution is 0.0778. The first-order valence-electron chi connectivity index (χ1n) is 7.92. The van der Waals surface area contributed by atoms with E-state index in [1.165, 1.54) is 0 Å². The summed E-state index contributed by atoms with van der Waals surface area (Å²) in [4.78, 5) is 9.39. The van der Waals surface area contributed by atoms with Crippen molar-refractivity contribution in [2.45, 2.75) is 18.8 Å². The van der Waals surface area contributed by atoms with Gasteiger partial charge in [0.1, 0.15) is 17.1 Å². The molecule has 0 spiro atoms. The number of pyridine rings is 1. The van der Waals surface area contributed by atoms with Gasteiger partial charge in [-0.1, -0.05) is 0 Å². The summed E-state index contributed by atoms with van der Waals surface area (Å²) in [5.41, 5.74) is 2.86. The predicted molar refractivity (Wildman–Crippen MR) is 88.2 cm³/mol. The van der Waals surface area contributed by atoms with Gasteiger partial charge in [0.2, 0.25) is 0 Å². The maximum Gasteiger partial charge on any atom is 0.164 e. The first-order valence-corrected chi connectivity index (χ1v) is 7.92. The van der Waals surface area contributed by atoms with E-state index in [1.807, 2.05) is 42.6 Å². The Bertz CT molecular complexity index is 805. The second-order valence-corrected chi connectivity index (χ2v) is 5.76. The average molecular weight is 309 g/mol. The number of imidazole rings is 1. The summed E-state index contributed by atoms with van der Waals surface area (Å²) < 4.78 is 13.1. The Morgan fingerprint density at radius 1 is 1.22 bits per heavy atom. The van der Waals surface area contributed by atoms with Crippen LogP contribution < -0.4 is 4.74 Å². The Kier molecular flexibility index (Phi) is 3.71. The van der Waals surface area contributed by atoms with Crippen LogP contribution in [0.1, 0.15) is 24.6 Å². The van der Waals surface area contributed by atoms with Crippen molar-refractivity contribution in [2.24, 2.45) is 0 Å². The molecule has 2 aromatic heterocycles. The lowest BCUT2D eigenvalue weighted by Crippen LogP contribution is -2.19. The third-order valence-electron chi connectivity index (χ3n) is 4.30. The summed E-state index contributed by atoms with van der Waals surface area (Å²) in [6.07, 6.45) is 3.98. The van der Waals surface area contributed by atoms with Gasteiger partial charge >= 0.3 is 0 Å². The smallest absolute Gasteiger partial charge is 0.164 e. The van der Waals surface area contributed by atoms with Gasteiger partial charge in [-0.2, -0.15) is 0 Å². The number of hydrogen-bond acceptors (Lipinski definition) is 4. The van der Waals surface area contributed by atoms with Crippen LogP contribution in [-0.4, -0.2) is 34.9 Å². The maximum atomic E-state index is 5.67. The van der Waals surface area contributed by atoms with Crippen molar-refractivity contribution in [3.63, 3.8) is 0 Å². The third-order valence-corrected chi connectivity index (χ3v) is 4.30. The highest BCUT2D eigenvalue weighted by molar-refractivity contribution is 5.74. The van der Waals surface area contributed by atoms with Crippen LogP contribution in [0.5, 0.6) is 5.75 Å². The second-order valence-electron chi connectivity index (χ2n) is 5.76. The van der Waals surface area contributed by atoms with E-state index in [0.717, 1.165) is 54.5 Å². The van der Waals surface area contributed by atoms with Gasteiger partial charge in [-0.25, -0.2) is 9.97 Å². The minimum Gasteiger partial charge on any atom is -0.497 e. The largest absolute Gasteiger partial charge is 0.497 e. The summed E-state index contributed by atoms with van der Waals surface area (Å²) in [6, 6.07) is 11.9. The van der Waals surface area contributed by atoms with Gasteiger partial charge < -0.3 is 9.47 Å². The van der Waals surface area contributed by atoms with Crippen LogP contribution in [-0.2, 0) is 4.74 Å². The van der Waals surface area contributed by atoms with Crippen molar-refractivity contribution in [2.75, 3.05) is 20.3 Å². The molecule has 0 radical (unpaired) electrons. The fraction of sp³-hybridized carbons (Fsp3) is 0.333. The van der Waals surface area contributed by atoms with Gasteiger partial charge in [-0.3, -0.25) is 4.57 Å². The highest BCUT2D eigenvalue weighted by atomic mass is 16.5. The molecule has 1 aliphatic heterocycles. The van der Waals surface area contributed by atoms with Crippen molar-refractivity contribution in [3.05, 3.63) is 48.4 Å². The van der Waals surface area contributed by atoms with E-state index in [-0.39, 0.29) is 0 Å². The molecule has 5 nitrogen and oxygen atoms in total. The molecule has 1 unspecified atom stereocenters. The Balaban J connectivity index is 1.87. The molecule has 0 bridgehead atoms. The van der Waals surface area contributed by atoms with Crippen LogP contribution in [0.2, 0.25) is 0 Å². The first kappa shape index (κ1) is 14.2. The Morgan fingerprint density at radius 3 is 2.83 bits per heavy atom. The van der Waals surface area contributed by atoms with Gasteiger partial charge in [0, 0.05) is 24.4 Å². The molecule has 23 heavy (non-hydrogen) atoms. The quantitative estimate of drug-likeness (QED) is 0.744. The van der Waals surface area contributed by atoms with Crippen LogP contribution in [0.3, 0.4) is 0 Å². The Labute approximate surface area is 134 Å². The minimum absolute atomic E-state index is 0.306. The molecule has 4 rings (SSSR count). The highest BCUT2D eigenvalue weighted by Crippen LogP contribution is 2.30. The second kappa shape index (κ2) is 6.01. The molecule has 118 valence electrons. The van der Waals surface area contributed by atoms with E-state index in [1.54, 1.807) is 7.11 Å². The maximum absolute atomic E-state index is 5.67. The molecular weight excluding hydrogens is 290 g/mol. The Morgan fingerprint density at radius 2 is 2.09 bits per heavy atom. The van der Waals surface area contributed by atoms with Crippen LogP contribution in [0.4, 0.5) is 0 Å². The molecule has 3 aromatic rings. The van der Waals surface area contributed by atoms with Crippen LogP contribution in [0, 0.1) is 0 Å². The van der Waals surface area contributed by atoms with Crippen molar-refractivity contribution in [1.82, 2.24) is 14.5 Å². The fourth-order valence-corrected chi connectivity index (χ4v) is 3.13. The zero-order valence-electron chi connectivity index (χ0n) is 13.1. The average Bonchev–Trinajstić information content (AvgIpc) is 3.02. The normalized spacial score (nSPS) is 18.2. The number of nitrogens with zero attached hydrogens (tertiary/aromatic N) is 3. The topological polar surface area (TPSA) is 49.2 Å². The predicted octanol–water partition coefficient (Wildman–Crippen LogP) is 3.32. The van der Waals surface area contributed by atoms with Gasteiger partial charge in [-0.05, 0) is 49.2 Å². The highest BCUT2D eigenvalue weighted by Gasteiger charge is 2.24. The SMILES string of the molecule is COc1ccc(-n2c(C3CCCOC3)nc3cccnc32)cc1. The summed E-state index contributed by atoms with van der Waals surface area (Å²) in [5, 5.41) is 0. The van der Waals surface area contributed by atoms with Gasteiger partial charge in [0.05, 0.1) is 13.7 Å². The standard InChI is InChI=1S/C18H19N3O2/c1-22-15-8-6-14(7-9-15)21-17(13-4-3-11-23-12-13)20-16-5-2-10-19-18(16)21/h2,5-10,13H,3-4,11-12H2,1H3. The number of benzene rings is 1. The molecule has 1 aromatic carbocycles. The first-order chi connectivity index (χ1) is 11.4. The molecule has 1 atom stereocenters. The van der Waals surface area contributed by atoms with E-state index < -0.39 is 0 Å². The molecule has 5 heteroatoms. The monoisotopic (exact) mass is 309 g/mol.